The molecule has 0 saturated heterocycles. The van der Waals surface area contributed by atoms with Gasteiger partial charge in [0.15, 0.2) is 0 Å². The Morgan fingerprint density at radius 2 is 1.78 bits per heavy atom. The third kappa shape index (κ3) is 2.81. The van der Waals surface area contributed by atoms with Gasteiger partial charge in [-0.15, -0.1) is 5.11 Å². The molecule has 5 nitrogen and oxygen atoms in total. The molecular formula is C12H12ClN5. The van der Waals surface area contributed by atoms with Crippen molar-refractivity contribution in [1.82, 2.24) is 9.97 Å². The molecule has 0 aliphatic rings. The number of anilines is 1. The van der Waals surface area contributed by atoms with Crippen LogP contribution in [0, 0.1) is 13.8 Å². The van der Waals surface area contributed by atoms with Crippen molar-refractivity contribution in [3.63, 3.8) is 0 Å². The Balaban J connectivity index is 2.35. The molecule has 0 bridgehead atoms. The average Bonchev–Trinajstić information content (AvgIpc) is 2.27. The van der Waals surface area contributed by atoms with Gasteiger partial charge in [-0.1, -0.05) is 17.7 Å². The molecule has 0 amide bonds. The van der Waals surface area contributed by atoms with E-state index in [2.05, 4.69) is 20.2 Å². The molecule has 2 rings (SSSR count). The van der Waals surface area contributed by atoms with Crippen molar-refractivity contribution < 1.29 is 0 Å². The van der Waals surface area contributed by atoms with E-state index in [-0.39, 0.29) is 5.95 Å². The molecule has 1 heterocycles. The van der Waals surface area contributed by atoms with Gasteiger partial charge in [-0.05, 0) is 32.0 Å². The second kappa shape index (κ2) is 5.10. The maximum absolute atomic E-state index is 5.87. The second-order valence-electron chi connectivity index (χ2n) is 3.78. The van der Waals surface area contributed by atoms with Crippen LogP contribution in [0.25, 0.3) is 0 Å². The minimum atomic E-state index is 0.242. The lowest BCUT2D eigenvalue weighted by atomic mass is 10.3. The van der Waals surface area contributed by atoms with E-state index in [1.165, 1.54) is 0 Å². The number of nitrogens with two attached hydrogens (primary N) is 1. The maximum Gasteiger partial charge on any atom is 0.220 e. The molecule has 0 radical (unpaired) electrons. The van der Waals surface area contributed by atoms with Crippen LogP contribution in [0.5, 0.6) is 0 Å². The van der Waals surface area contributed by atoms with E-state index in [1.807, 2.05) is 26.0 Å². The fraction of sp³-hybridized carbons (Fsp3) is 0.167. The summed E-state index contributed by atoms with van der Waals surface area (Å²) in [5.74, 6) is 0.242. The van der Waals surface area contributed by atoms with Crippen molar-refractivity contribution in [2.24, 2.45) is 10.2 Å². The van der Waals surface area contributed by atoms with Gasteiger partial charge in [-0.25, -0.2) is 9.97 Å². The van der Waals surface area contributed by atoms with Gasteiger partial charge in [-0.3, -0.25) is 0 Å². The number of halogens is 1. The fourth-order valence-corrected chi connectivity index (χ4v) is 1.71. The van der Waals surface area contributed by atoms with E-state index in [4.69, 9.17) is 17.3 Å². The molecule has 2 aromatic rings. The lowest BCUT2D eigenvalue weighted by Gasteiger charge is -2.03. The maximum atomic E-state index is 5.87. The first-order valence-electron chi connectivity index (χ1n) is 5.34. The molecule has 6 heteroatoms. The predicted molar refractivity (Wildman–Crippen MR) is 71.5 cm³/mol. The summed E-state index contributed by atoms with van der Waals surface area (Å²) in [6.07, 6.45) is 0. The Bertz CT molecular complexity index is 586. The van der Waals surface area contributed by atoms with Crippen molar-refractivity contribution in [2.75, 3.05) is 5.73 Å². The van der Waals surface area contributed by atoms with Gasteiger partial charge in [0.2, 0.25) is 5.95 Å². The van der Waals surface area contributed by atoms with Crippen LogP contribution < -0.4 is 5.73 Å². The molecule has 0 fully saturated rings. The van der Waals surface area contributed by atoms with Gasteiger partial charge in [0, 0.05) is 5.02 Å². The molecular weight excluding hydrogens is 250 g/mol. The van der Waals surface area contributed by atoms with E-state index >= 15 is 0 Å². The standard InChI is InChI=1S/C12H12ClN5/c1-7-11(8(2)16-12(14)15-7)18-17-10-5-3-4-9(13)6-10/h3-6H,1-2H3,(H2,14,15,16). The number of nitrogens with zero attached hydrogens (tertiary/aromatic N) is 4. The SMILES string of the molecule is Cc1nc(N)nc(C)c1N=Nc1cccc(Cl)c1. The Kier molecular flexibility index (Phi) is 3.53. The fourth-order valence-electron chi connectivity index (χ4n) is 1.53. The quantitative estimate of drug-likeness (QED) is 0.837. The molecule has 0 spiro atoms. The average molecular weight is 262 g/mol. The Labute approximate surface area is 110 Å². The first-order valence-corrected chi connectivity index (χ1v) is 5.72. The van der Waals surface area contributed by atoms with Gasteiger partial charge in [0.25, 0.3) is 0 Å². The van der Waals surface area contributed by atoms with E-state index in [9.17, 15) is 0 Å². The third-order valence-electron chi connectivity index (χ3n) is 2.32. The minimum Gasteiger partial charge on any atom is -0.368 e. The highest BCUT2D eigenvalue weighted by molar-refractivity contribution is 6.30. The number of rotatable bonds is 2. The zero-order chi connectivity index (χ0) is 13.1. The molecule has 0 saturated carbocycles. The van der Waals surface area contributed by atoms with Crippen molar-refractivity contribution in [3.8, 4) is 0 Å². The Morgan fingerprint density at radius 3 is 2.39 bits per heavy atom. The number of hydrogen-bond donors (Lipinski definition) is 1. The molecule has 0 aliphatic carbocycles. The van der Waals surface area contributed by atoms with Gasteiger partial charge in [0.05, 0.1) is 17.1 Å². The van der Waals surface area contributed by atoms with Crippen molar-refractivity contribution in [3.05, 3.63) is 40.7 Å². The molecule has 0 aliphatic heterocycles. The van der Waals surface area contributed by atoms with Crippen molar-refractivity contribution >= 4 is 28.9 Å². The lowest BCUT2D eigenvalue weighted by molar-refractivity contribution is 1.04. The van der Waals surface area contributed by atoms with Gasteiger partial charge in [-0.2, -0.15) is 5.11 Å². The van der Waals surface area contributed by atoms with E-state index < -0.39 is 0 Å². The number of hydrogen-bond acceptors (Lipinski definition) is 5. The van der Waals surface area contributed by atoms with Crippen LogP contribution in [0.4, 0.5) is 17.3 Å². The summed E-state index contributed by atoms with van der Waals surface area (Å²) in [7, 11) is 0. The predicted octanol–water partition coefficient (Wildman–Crippen LogP) is 3.74. The molecule has 0 atom stereocenters. The van der Waals surface area contributed by atoms with Crippen LogP contribution in [0.2, 0.25) is 5.02 Å². The zero-order valence-corrected chi connectivity index (χ0v) is 10.8. The molecule has 2 N–H and O–H groups in total. The summed E-state index contributed by atoms with van der Waals surface area (Å²) in [4.78, 5) is 8.10. The molecule has 1 aromatic carbocycles. The van der Waals surface area contributed by atoms with Crippen LogP contribution in [0.1, 0.15) is 11.4 Å². The summed E-state index contributed by atoms with van der Waals surface area (Å²) < 4.78 is 0. The number of aromatic nitrogens is 2. The first-order chi connectivity index (χ1) is 8.56. The highest BCUT2D eigenvalue weighted by atomic mass is 35.5. The van der Waals surface area contributed by atoms with Crippen LogP contribution >= 0.6 is 11.6 Å². The normalized spacial score (nSPS) is 11.1. The van der Waals surface area contributed by atoms with Crippen molar-refractivity contribution in [2.45, 2.75) is 13.8 Å². The van der Waals surface area contributed by atoms with E-state index in [0.717, 1.165) is 0 Å². The summed E-state index contributed by atoms with van der Waals surface area (Å²) in [5, 5.41) is 8.87. The molecule has 0 unspecified atom stereocenters. The monoisotopic (exact) mass is 261 g/mol. The van der Waals surface area contributed by atoms with Crippen molar-refractivity contribution in [1.29, 1.82) is 0 Å². The highest BCUT2D eigenvalue weighted by Crippen LogP contribution is 2.25. The third-order valence-corrected chi connectivity index (χ3v) is 2.56. The van der Waals surface area contributed by atoms with Crippen LogP contribution in [0.15, 0.2) is 34.5 Å². The van der Waals surface area contributed by atoms with Gasteiger partial charge < -0.3 is 5.73 Å². The molecule has 92 valence electrons. The van der Waals surface area contributed by atoms with Gasteiger partial charge in [0.1, 0.15) is 5.69 Å². The topological polar surface area (TPSA) is 76.5 Å². The minimum absolute atomic E-state index is 0.242. The number of benzene rings is 1. The summed E-state index contributed by atoms with van der Waals surface area (Å²) in [6.45, 7) is 3.63. The smallest absolute Gasteiger partial charge is 0.220 e. The highest BCUT2D eigenvalue weighted by Gasteiger charge is 2.05. The zero-order valence-electron chi connectivity index (χ0n) is 10.1. The second-order valence-corrected chi connectivity index (χ2v) is 4.22. The number of aryl methyl sites for hydroxylation is 2. The number of azo groups is 1. The van der Waals surface area contributed by atoms with Crippen LogP contribution in [-0.4, -0.2) is 9.97 Å². The number of nitrogen functional groups attached to an aromatic ring is 1. The van der Waals surface area contributed by atoms with Crippen LogP contribution in [0.3, 0.4) is 0 Å². The van der Waals surface area contributed by atoms with E-state index in [0.29, 0.717) is 27.8 Å². The van der Waals surface area contributed by atoms with E-state index in [1.54, 1.807) is 12.1 Å². The van der Waals surface area contributed by atoms with Crippen LogP contribution in [-0.2, 0) is 0 Å². The Morgan fingerprint density at radius 1 is 1.11 bits per heavy atom. The molecule has 18 heavy (non-hydrogen) atoms. The lowest BCUT2D eigenvalue weighted by Crippen LogP contribution is -1.98. The summed E-state index contributed by atoms with van der Waals surface area (Å²) in [6, 6.07) is 7.14. The van der Waals surface area contributed by atoms with Gasteiger partial charge >= 0.3 is 0 Å². The molecule has 1 aromatic heterocycles. The summed E-state index contributed by atoms with van der Waals surface area (Å²) >= 11 is 5.87. The largest absolute Gasteiger partial charge is 0.368 e. The summed E-state index contributed by atoms with van der Waals surface area (Å²) in [5.41, 5.74) is 8.25. The Hall–Kier alpha value is -2.01. The first kappa shape index (κ1) is 12.4.